The van der Waals surface area contributed by atoms with Crippen LogP contribution in [0.15, 0.2) is 36.4 Å². The van der Waals surface area contributed by atoms with Gasteiger partial charge in [-0.2, -0.15) is 0 Å². The van der Waals surface area contributed by atoms with Crippen molar-refractivity contribution in [3.05, 3.63) is 58.4 Å². The molecular formula is C15H13ClFNO2. The van der Waals surface area contributed by atoms with Crippen LogP contribution in [0.4, 0.5) is 4.39 Å². The first-order chi connectivity index (χ1) is 9.52. The fourth-order valence-corrected chi connectivity index (χ4v) is 2.64. The van der Waals surface area contributed by atoms with Crippen molar-refractivity contribution in [3.8, 4) is 11.5 Å². The number of aromatic hydroxyl groups is 1. The number of phenolic OH excluding ortho intramolecular Hbond substituents is 1. The standard InChI is InChI=1S/C15H13ClFNO2/c16-9-1-2-14-12(5-9)13(18)7-15(20-14)8-3-10(17)6-11(19)4-8/h1-6,13,15,19H,7,18H2/t13-,15?/m0/s1. The normalized spacial score (nSPS) is 21.1. The third-order valence-electron chi connectivity index (χ3n) is 3.39. The zero-order chi connectivity index (χ0) is 14.3. The van der Waals surface area contributed by atoms with Crippen LogP contribution in [0.2, 0.25) is 5.02 Å². The lowest BCUT2D eigenvalue weighted by molar-refractivity contribution is 0.161. The topological polar surface area (TPSA) is 55.5 Å². The summed E-state index contributed by atoms with van der Waals surface area (Å²) >= 11 is 5.94. The molecule has 0 radical (unpaired) electrons. The second-order valence-corrected chi connectivity index (χ2v) is 5.31. The molecule has 2 aromatic rings. The lowest BCUT2D eigenvalue weighted by atomic mass is 9.93. The second-order valence-electron chi connectivity index (χ2n) is 4.87. The van der Waals surface area contributed by atoms with Gasteiger partial charge in [-0.05, 0) is 35.9 Å². The molecule has 104 valence electrons. The van der Waals surface area contributed by atoms with Crippen LogP contribution >= 0.6 is 11.6 Å². The quantitative estimate of drug-likeness (QED) is 0.843. The minimum Gasteiger partial charge on any atom is -0.508 e. The highest BCUT2D eigenvalue weighted by Crippen LogP contribution is 2.41. The number of hydrogen-bond donors (Lipinski definition) is 2. The van der Waals surface area contributed by atoms with Crippen LogP contribution in [0.25, 0.3) is 0 Å². The van der Waals surface area contributed by atoms with E-state index in [0.717, 1.165) is 11.6 Å². The molecule has 1 unspecified atom stereocenters. The average Bonchev–Trinajstić information content (AvgIpc) is 2.38. The van der Waals surface area contributed by atoms with Crippen LogP contribution in [-0.4, -0.2) is 5.11 Å². The van der Waals surface area contributed by atoms with Crippen molar-refractivity contribution >= 4 is 11.6 Å². The van der Waals surface area contributed by atoms with E-state index < -0.39 is 5.82 Å². The van der Waals surface area contributed by atoms with Gasteiger partial charge in [-0.1, -0.05) is 11.6 Å². The van der Waals surface area contributed by atoms with Crippen molar-refractivity contribution in [2.45, 2.75) is 18.6 Å². The molecule has 3 rings (SSSR count). The largest absolute Gasteiger partial charge is 0.508 e. The Bertz CT molecular complexity index is 642. The molecule has 2 atom stereocenters. The molecule has 1 aliphatic heterocycles. The summed E-state index contributed by atoms with van der Waals surface area (Å²) in [7, 11) is 0. The molecule has 0 saturated heterocycles. The number of nitrogens with two attached hydrogens (primary N) is 1. The highest BCUT2D eigenvalue weighted by molar-refractivity contribution is 6.30. The first kappa shape index (κ1) is 13.2. The number of ether oxygens (including phenoxy) is 1. The molecule has 0 fully saturated rings. The molecule has 0 aromatic heterocycles. The van der Waals surface area contributed by atoms with E-state index in [1.807, 2.05) is 0 Å². The van der Waals surface area contributed by atoms with E-state index in [1.165, 1.54) is 12.1 Å². The molecule has 0 spiro atoms. The molecule has 1 aliphatic rings. The highest BCUT2D eigenvalue weighted by Gasteiger charge is 2.27. The van der Waals surface area contributed by atoms with Gasteiger partial charge < -0.3 is 15.6 Å². The zero-order valence-electron chi connectivity index (χ0n) is 10.5. The van der Waals surface area contributed by atoms with Crippen LogP contribution in [0.5, 0.6) is 11.5 Å². The van der Waals surface area contributed by atoms with Crippen LogP contribution in [-0.2, 0) is 0 Å². The molecule has 0 amide bonds. The first-order valence-corrected chi connectivity index (χ1v) is 6.62. The Labute approximate surface area is 120 Å². The van der Waals surface area contributed by atoms with Gasteiger partial charge in [-0.15, -0.1) is 0 Å². The molecular weight excluding hydrogens is 281 g/mol. The Morgan fingerprint density at radius 3 is 2.80 bits per heavy atom. The summed E-state index contributed by atoms with van der Waals surface area (Å²) < 4.78 is 19.2. The second kappa shape index (κ2) is 4.96. The maximum atomic E-state index is 13.4. The Morgan fingerprint density at radius 2 is 2.05 bits per heavy atom. The van der Waals surface area contributed by atoms with Gasteiger partial charge in [0, 0.05) is 29.1 Å². The summed E-state index contributed by atoms with van der Waals surface area (Å²) in [6, 6.07) is 8.90. The fraction of sp³-hybridized carbons (Fsp3) is 0.200. The van der Waals surface area contributed by atoms with Crippen LogP contribution in [0.3, 0.4) is 0 Å². The predicted octanol–water partition coefficient (Wildman–Crippen LogP) is 3.71. The van der Waals surface area contributed by atoms with Crippen LogP contribution in [0.1, 0.15) is 29.7 Å². The molecule has 0 aliphatic carbocycles. The summed E-state index contributed by atoms with van der Waals surface area (Å²) in [4.78, 5) is 0. The van der Waals surface area contributed by atoms with Crippen molar-refractivity contribution in [3.63, 3.8) is 0 Å². The summed E-state index contributed by atoms with van der Waals surface area (Å²) in [5.41, 5.74) is 7.53. The van der Waals surface area contributed by atoms with E-state index in [-0.39, 0.29) is 17.9 Å². The zero-order valence-corrected chi connectivity index (χ0v) is 11.3. The maximum Gasteiger partial charge on any atom is 0.127 e. The Kier molecular flexibility index (Phi) is 3.28. The van der Waals surface area contributed by atoms with Crippen molar-refractivity contribution in [2.24, 2.45) is 5.73 Å². The van der Waals surface area contributed by atoms with Gasteiger partial charge in [-0.3, -0.25) is 0 Å². The molecule has 20 heavy (non-hydrogen) atoms. The van der Waals surface area contributed by atoms with Crippen molar-refractivity contribution < 1.29 is 14.2 Å². The minimum absolute atomic E-state index is 0.126. The average molecular weight is 294 g/mol. The minimum atomic E-state index is -0.501. The van der Waals surface area contributed by atoms with Gasteiger partial charge in [0.15, 0.2) is 0 Å². The summed E-state index contributed by atoms with van der Waals surface area (Å²) in [6.07, 6.45) is 0.108. The number of fused-ring (bicyclic) bond motifs is 1. The van der Waals surface area contributed by atoms with Gasteiger partial charge in [0.2, 0.25) is 0 Å². The number of phenols is 1. The molecule has 0 bridgehead atoms. The highest BCUT2D eigenvalue weighted by atomic mass is 35.5. The van der Waals surface area contributed by atoms with Gasteiger partial charge >= 0.3 is 0 Å². The van der Waals surface area contributed by atoms with Gasteiger partial charge in [-0.25, -0.2) is 4.39 Å². The van der Waals surface area contributed by atoms with Crippen LogP contribution in [0, 0.1) is 5.82 Å². The van der Waals surface area contributed by atoms with Crippen molar-refractivity contribution in [2.75, 3.05) is 0 Å². The van der Waals surface area contributed by atoms with E-state index in [4.69, 9.17) is 22.1 Å². The number of benzene rings is 2. The van der Waals surface area contributed by atoms with Gasteiger partial charge in [0.05, 0.1) is 0 Å². The Hall–Kier alpha value is -1.78. The molecule has 3 N–H and O–H groups in total. The van der Waals surface area contributed by atoms with E-state index in [1.54, 1.807) is 18.2 Å². The monoisotopic (exact) mass is 293 g/mol. The SMILES string of the molecule is N[C@H]1CC(c2cc(O)cc(F)c2)Oc2ccc(Cl)cc21. The van der Waals surface area contributed by atoms with Gasteiger partial charge in [0.25, 0.3) is 0 Å². The fourth-order valence-electron chi connectivity index (χ4n) is 2.46. The molecule has 1 heterocycles. The third-order valence-corrected chi connectivity index (χ3v) is 3.62. The van der Waals surface area contributed by atoms with E-state index in [2.05, 4.69) is 0 Å². The molecule has 0 saturated carbocycles. The number of rotatable bonds is 1. The lowest BCUT2D eigenvalue weighted by Gasteiger charge is -2.30. The summed E-state index contributed by atoms with van der Waals surface area (Å²) in [5, 5.41) is 10.1. The molecule has 3 nitrogen and oxygen atoms in total. The smallest absolute Gasteiger partial charge is 0.127 e. The lowest BCUT2D eigenvalue weighted by Crippen LogP contribution is -2.24. The van der Waals surface area contributed by atoms with Crippen molar-refractivity contribution in [1.82, 2.24) is 0 Å². The maximum absolute atomic E-state index is 13.4. The third kappa shape index (κ3) is 2.44. The van der Waals surface area contributed by atoms with Crippen molar-refractivity contribution in [1.29, 1.82) is 0 Å². The van der Waals surface area contributed by atoms with E-state index in [9.17, 15) is 9.50 Å². The summed E-state index contributed by atoms with van der Waals surface area (Å²) in [6.45, 7) is 0. The number of hydrogen-bond acceptors (Lipinski definition) is 3. The Balaban J connectivity index is 1.96. The predicted molar refractivity (Wildman–Crippen MR) is 74.4 cm³/mol. The van der Waals surface area contributed by atoms with E-state index in [0.29, 0.717) is 22.8 Å². The van der Waals surface area contributed by atoms with Gasteiger partial charge in [0.1, 0.15) is 23.4 Å². The summed E-state index contributed by atoms with van der Waals surface area (Å²) in [5.74, 6) is 0.0139. The van der Waals surface area contributed by atoms with Crippen LogP contribution < -0.4 is 10.5 Å². The first-order valence-electron chi connectivity index (χ1n) is 6.24. The molecule has 2 aromatic carbocycles. The van der Waals surface area contributed by atoms with E-state index >= 15 is 0 Å². The Morgan fingerprint density at radius 1 is 1.25 bits per heavy atom. The number of halogens is 2. The molecule has 5 heteroatoms.